The van der Waals surface area contributed by atoms with E-state index in [9.17, 15) is 9.18 Å². The minimum absolute atomic E-state index is 0.201. The summed E-state index contributed by atoms with van der Waals surface area (Å²) in [5, 5.41) is 5.29. The van der Waals surface area contributed by atoms with Gasteiger partial charge in [-0.1, -0.05) is 24.3 Å². The number of hydrogen-bond acceptors (Lipinski definition) is 7. The lowest BCUT2D eigenvalue weighted by atomic mass is 10.0. The van der Waals surface area contributed by atoms with E-state index in [-0.39, 0.29) is 11.4 Å². The molecule has 0 radical (unpaired) electrons. The maximum absolute atomic E-state index is 13.7. The minimum atomic E-state index is -0.365. The molecule has 3 heterocycles. The zero-order valence-corrected chi connectivity index (χ0v) is 19.3. The Morgan fingerprint density at radius 1 is 1.06 bits per heavy atom. The van der Waals surface area contributed by atoms with Gasteiger partial charge >= 0.3 is 0 Å². The maximum Gasteiger partial charge on any atom is 0.276 e. The van der Waals surface area contributed by atoms with Crippen LogP contribution in [0, 0.1) is 5.82 Å². The zero-order chi connectivity index (χ0) is 24.4. The van der Waals surface area contributed by atoms with Gasteiger partial charge in [-0.05, 0) is 41.5 Å². The number of rotatable bonds is 6. The van der Waals surface area contributed by atoms with E-state index in [4.69, 9.17) is 15.5 Å². The number of halogens is 1. The molecule has 1 aliphatic heterocycles. The Balaban J connectivity index is 1.59. The van der Waals surface area contributed by atoms with Crippen molar-refractivity contribution in [2.24, 2.45) is 7.05 Å². The fraction of sp³-hybridized carbons (Fsp3) is 0.240. The van der Waals surface area contributed by atoms with Gasteiger partial charge in [0.1, 0.15) is 11.5 Å². The third kappa shape index (κ3) is 4.60. The fourth-order valence-electron chi connectivity index (χ4n) is 4.17. The lowest BCUT2D eigenvalue weighted by Crippen LogP contribution is -2.47. The number of anilines is 2. The summed E-state index contributed by atoms with van der Waals surface area (Å²) in [6.07, 6.45) is 1.66. The molecule has 3 N–H and O–H groups in total. The molecule has 0 atom stereocenters. The Kier molecular flexibility index (Phi) is 6.19. The Bertz CT molecular complexity index is 1370. The highest BCUT2D eigenvalue weighted by Crippen LogP contribution is 2.30. The smallest absolute Gasteiger partial charge is 0.276 e. The predicted molar refractivity (Wildman–Crippen MR) is 133 cm³/mol. The van der Waals surface area contributed by atoms with Crippen LogP contribution in [0.2, 0.25) is 0 Å². The maximum atomic E-state index is 13.7. The molecule has 0 spiro atoms. The molecule has 0 saturated carbocycles. The number of hydrogen-bond donors (Lipinski definition) is 2. The normalized spacial score (nSPS) is 13.7. The number of nitrogens with zero attached hydrogens (tertiary/aromatic N) is 5. The second-order valence-corrected chi connectivity index (χ2v) is 8.28. The number of nitrogens with one attached hydrogen (secondary N) is 1. The SMILES string of the molecule is Cn1c(=O)c(-c2ccc(F)cc2)c(-c2ccnc(NCc3ccc(N)cc3)n2)n1N1CCOCC1. The number of benzene rings is 2. The van der Waals surface area contributed by atoms with Crippen LogP contribution in [0.4, 0.5) is 16.0 Å². The molecule has 4 aromatic rings. The Morgan fingerprint density at radius 3 is 2.49 bits per heavy atom. The number of nitrogens with two attached hydrogens (primary N) is 1. The lowest BCUT2D eigenvalue weighted by Gasteiger charge is -2.32. The van der Waals surface area contributed by atoms with Crippen molar-refractivity contribution in [3.05, 3.63) is 82.5 Å². The Labute approximate surface area is 201 Å². The topological polar surface area (TPSA) is 103 Å². The van der Waals surface area contributed by atoms with E-state index < -0.39 is 0 Å². The van der Waals surface area contributed by atoms with Gasteiger partial charge in [0.05, 0.1) is 37.6 Å². The average Bonchev–Trinajstić information content (AvgIpc) is 3.15. The largest absolute Gasteiger partial charge is 0.399 e. The van der Waals surface area contributed by atoms with Gasteiger partial charge in [0.15, 0.2) is 0 Å². The highest BCUT2D eigenvalue weighted by atomic mass is 19.1. The van der Waals surface area contributed by atoms with Crippen LogP contribution < -0.4 is 21.6 Å². The minimum Gasteiger partial charge on any atom is -0.399 e. The van der Waals surface area contributed by atoms with Gasteiger partial charge in [-0.3, -0.25) is 9.80 Å². The summed E-state index contributed by atoms with van der Waals surface area (Å²) in [6, 6.07) is 15.3. The lowest BCUT2D eigenvalue weighted by molar-refractivity contribution is 0.107. The van der Waals surface area contributed by atoms with Gasteiger partial charge in [0, 0.05) is 25.5 Å². The van der Waals surface area contributed by atoms with Crippen LogP contribution in [0.15, 0.2) is 65.6 Å². The highest BCUT2D eigenvalue weighted by molar-refractivity contribution is 5.79. The third-order valence-corrected chi connectivity index (χ3v) is 5.95. The van der Waals surface area contributed by atoms with Crippen LogP contribution >= 0.6 is 0 Å². The molecule has 1 fully saturated rings. The first-order chi connectivity index (χ1) is 17.0. The summed E-state index contributed by atoms with van der Waals surface area (Å²) in [5.74, 6) is 0.0603. The van der Waals surface area contributed by atoms with Crippen LogP contribution in [0.5, 0.6) is 0 Å². The molecule has 0 aliphatic carbocycles. The van der Waals surface area contributed by atoms with Crippen molar-refractivity contribution < 1.29 is 9.13 Å². The molecule has 0 bridgehead atoms. The summed E-state index contributed by atoms with van der Waals surface area (Å²) in [6.45, 7) is 2.85. The quantitative estimate of drug-likeness (QED) is 0.413. The van der Waals surface area contributed by atoms with Gasteiger partial charge in [0.2, 0.25) is 5.95 Å². The van der Waals surface area contributed by atoms with Gasteiger partial charge < -0.3 is 15.8 Å². The van der Waals surface area contributed by atoms with Crippen molar-refractivity contribution in [3.63, 3.8) is 0 Å². The molecule has 180 valence electrons. The molecule has 9 nitrogen and oxygen atoms in total. The van der Waals surface area contributed by atoms with Crippen LogP contribution in [0.3, 0.4) is 0 Å². The first-order valence-electron chi connectivity index (χ1n) is 11.3. The molecule has 0 amide bonds. The van der Waals surface area contributed by atoms with E-state index in [1.165, 1.54) is 12.1 Å². The molecule has 10 heteroatoms. The molecular weight excluding hydrogens is 449 g/mol. The summed E-state index contributed by atoms with van der Waals surface area (Å²) >= 11 is 0. The summed E-state index contributed by atoms with van der Waals surface area (Å²) in [5.41, 5.74) is 9.55. The van der Waals surface area contributed by atoms with E-state index >= 15 is 0 Å². The van der Waals surface area contributed by atoms with E-state index in [2.05, 4.69) is 15.3 Å². The van der Waals surface area contributed by atoms with Gasteiger partial charge in [-0.15, -0.1) is 0 Å². The summed E-state index contributed by atoms with van der Waals surface area (Å²) < 4.78 is 20.7. The third-order valence-electron chi connectivity index (χ3n) is 5.95. The number of ether oxygens (including phenoxy) is 1. The van der Waals surface area contributed by atoms with Gasteiger partial charge in [0.25, 0.3) is 5.56 Å². The van der Waals surface area contributed by atoms with Crippen molar-refractivity contribution >= 4 is 11.6 Å². The van der Waals surface area contributed by atoms with Crippen molar-refractivity contribution in [2.75, 3.05) is 42.4 Å². The Morgan fingerprint density at radius 2 is 1.77 bits per heavy atom. The first kappa shape index (κ1) is 22.6. The van der Waals surface area contributed by atoms with E-state index in [0.717, 1.165) is 5.56 Å². The van der Waals surface area contributed by atoms with Gasteiger partial charge in [-0.2, -0.15) is 4.79 Å². The molecule has 2 aromatic heterocycles. The molecule has 1 aliphatic rings. The monoisotopic (exact) mass is 475 g/mol. The first-order valence-corrected chi connectivity index (χ1v) is 11.3. The second-order valence-electron chi connectivity index (χ2n) is 8.28. The van der Waals surface area contributed by atoms with Crippen LogP contribution in [-0.4, -0.2) is 45.7 Å². The fourth-order valence-corrected chi connectivity index (χ4v) is 4.17. The van der Waals surface area contributed by atoms with Crippen LogP contribution in [0.1, 0.15) is 5.56 Å². The number of aromatic nitrogens is 4. The molecule has 5 rings (SSSR count). The van der Waals surface area contributed by atoms with Crippen molar-refractivity contribution in [1.29, 1.82) is 0 Å². The van der Waals surface area contributed by atoms with Crippen LogP contribution in [0.25, 0.3) is 22.5 Å². The average molecular weight is 476 g/mol. The van der Waals surface area contributed by atoms with E-state index in [0.29, 0.717) is 67.0 Å². The van der Waals surface area contributed by atoms with Crippen LogP contribution in [-0.2, 0) is 18.3 Å². The van der Waals surface area contributed by atoms with E-state index in [1.807, 2.05) is 29.1 Å². The summed E-state index contributed by atoms with van der Waals surface area (Å²) in [4.78, 5) is 24.4. The molecule has 2 aromatic carbocycles. The zero-order valence-electron chi connectivity index (χ0n) is 19.3. The molecule has 35 heavy (non-hydrogen) atoms. The second kappa shape index (κ2) is 9.59. The molecule has 1 saturated heterocycles. The molecule has 0 unspecified atom stereocenters. The highest BCUT2D eigenvalue weighted by Gasteiger charge is 2.26. The van der Waals surface area contributed by atoms with Crippen molar-refractivity contribution in [3.8, 4) is 22.5 Å². The van der Waals surface area contributed by atoms with E-state index in [1.54, 1.807) is 36.1 Å². The number of morpholine rings is 1. The Hall–Kier alpha value is -4.18. The van der Waals surface area contributed by atoms with Crippen molar-refractivity contribution in [2.45, 2.75) is 6.54 Å². The molecular formula is C25H26FN7O2. The number of nitrogen functional groups attached to an aromatic ring is 1. The summed E-state index contributed by atoms with van der Waals surface area (Å²) in [7, 11) is 1.72. The predicted octanol–water partition coefficient (Wildman–Crippen LogP) is 2.61. The standard InChI is InChI=1S/C25H26FN7O2/c1-31-24(34)22(18-4-6-19(26)7-5-18)23(33(31)32-12-14-35-15-13-32)21-10-11-28-25(30-21)29-16-17-2-8-20(27)9-3-17/h2-11H,12-16,27H2,1H3,(H,28,29,30). The van der Waals surface area contributed by atoms with Gasteiger partial charge in [-0.25, -0.2) is 19.0 Å². The van der Waals surface area contributed by atoms with Crippen molar-refractivity contribution in [1.82, 2.24) is 19.4 Å².